The van der Waals surface area contributed by atoms with E-state index in [0.29, 0.717) is 12.2 Å². The highest BCUT2D eigenvalue weighted by Crippen LogP contribution is 2.09. The lowest BCUT2D eigenvalue weighted by atomic mass is 10.1. The highest BCUT2D eigenvalue weighted by atomic mass is 16.4. The summed E-state index contributed by atoms with van der Waals surface area (Å²) >= 11 is 0. The second-order valence-corrected chi connectivity index (χ2v) is 4.45. The van der Waals surface area contributed by atoms with Gasteiger partial charge in [0.2, 0.25) is 11.7 Å². The molecule has 0 aliphatic rings. The van der Waals surface area contributed by atoms with Crippen molar-refractivity contribution in [3.05, 3.63) is 59.0 Å². The van der Waals surface area contributed by atoms with Crippen LogP contribution in [0.3, 0.4) is 0 Å². The van der Waals surface area contributed by atoms with Crippen molar-refractivity contribution < 1.29 is 19.1 Å². The molecule has 0 radical (unpaired) electrons. The maximum atomic E-state index is 11.8. The minimum absolute atomic E-state index is 0.131. The molecule has 5 heteroatoms. The van der Waals surface area contributed by atoms with E-state index in [4.69, 9.17) is 9.52 Å². The summed E-state index contributed by atoms with van der Waals surface area (Å²) in [6.45, 7) is 2.13. The number of furan rings is 1. The molecule has 1 aromatic carbocycles. The average molecular weight is 273 g/mol. The molecule has 0 unspecified atom stereocenters. The Bertz CT molecular complexity index is 630. The van der Waals surface area contributed by atoms with Crippen molar-refractivity contribution in [2.24, 2.45) is 0 Å². The Morgan fingerprint density at radius 3 is 2.60 bits per heavy atom. The number of hydrogen-bond acceptors (Lipinski definition) is 3. The van der Waals surface area contributed by atoms with Crippen LogP contribution in [0.4, 0.5) is 0 Å². The lowest BCUT2D eigenvalue weighted by molar-refractivity contribution is -0.120. The van der Waals surface area contributed by atoms with Gasteiger partial charge in [-0.3, -0.25) is 4.79 Å². The van der Waals surface area contributed by atoms with E-state index >= 15 is 0 Å². The molecule has 0 saturated heterocycles. The summed E-state index contributed by atoms with van der Waals surface area (Å²) in [6.07, 6.45) is 0.291. The number of carboxylic acid groups (broad SMARTS) is 1. The Kier molecular flexibility index (Phi) is 4.20. The van der Waals surface area contributed by atoms with Gasteiger partial charge in [-0.25, -0.2) is 4.79 Å². The minimum atomic E-state index is -1.12. The molecule has 5 nitrogen and oxygen atoms in total. The summed E-state index contributed by atoms with van der Waals surface area (Å²) in [4.78, 5) is 22.5. The largest absolute Gasteiger partial charge is 0.475 e. The van der Waals surface area contributed by atoms with Crippen LogP contribution in [-0.2, 0) is 17.8 Å². The Morgan fingerprint density at radius 2 is 1.95 bits per heavy atom. The molecule has 0 atom stereocenters. The molecule has 0 spiro atoms. The van der Waals surface area contributed by atoms with Crippen LogP contribution in [-0.4, -0.2) is 17.0 Å². The van der Waals surface area contributed by atoms with Crippen LogP contribution in [0.2, 0.25) is 0 Å². The molecule has 0 aliphatic carbocycles. The molecule has 2 aromatic rings. The molecule has 104 valence electrons. The Balaban J connectivity index is 1.89. The first kappa shape index (κ1) is 13.9. The highest BCUT2D eigenvalue weighted by molar-refractivity contribution is 5.84. The van der Waals surface area contributed by atoms with Crippen LogP contribution < -0.4 is 5.32 Å². The van der Waals surface area contributed by atoms with Crippen molar-refractivity contribution in [2.75, 3.05) is 0 Å². The minimum Gasteiger partial charge on any atom is -0.475 e. The summed E-state index contributed by atoms with van der Waals surface area (Å²) in [5.41, 5.74) is 2.03. The molecule has 2 N–H and O–H groups in total. The number of nitrogens with one attached hydrogen (secondary N) is 1. The lowest BCUT2D eigenvalue weighted by Crippen LogP contribution is -2.24. The van der Waals surface area contributed by atoms with E-state index in [-0.39, 0.29) is 18.2 Å². The fourth-order valence-corrected chi connectivity index (χ4v) is 1.82. The van der Waals surface area contributed by atoms with E-state index in [1.54, 1.807) is 0 Å². The molecule has 1 aromatic heterocycles. The van der Waals surface area contributed by atoms with Gasteiger partial charge in [-0.2, -0.15) is 0 Å². The zero-order valence-electron chi connectivity index (χ0n) is 11.1. The highest BCUT2D eigenvalue weighted by Gasteiger charge is 2.10. The third-order valence-corrected chi connectivity index (χ3v) is 2.94. The normalized spacial score (nSPS) is 10.2. The zero-order chi connectivity index (χ0) is 14.5. The lowest BCUT2D eigenvalue weighted by Gasteiger charge is -2.06. The Hall–Kier alpha value is -2.56. The van der Waals surface area contributed by atoms with Crippen LogP contribution in [0.1, 0.15) is 27.4 Å². The van der Waals surface area contributed by atoms with E-state index in [1.165, 1.54) is 12.1 Å². The quantitative estimate of drug-likeness (QED) is 0.874. The van der Waals surface area contributed by atoms with Gasteiger partial charge in [0.05, 0.1) is 13.0 Å². The molecular weight excluding hydrogens is 258 g/mol. The first-order valence-corrected chi connectivity index (χ1v) is 6.19. The predicted octanol–water partition coefficient (Wildman–Crippen LogP) is 2.15. The molecular formula is C15H15NO4. The van der Waals surface area contributed by atoms with E-state index in [2.05, 4.69) is 5.32 Å². The van der Waals surface area contributed by atoms with Gasteiger partial charge < -0.3 is 14.8 Å². The topological polar surface area (TPSA) is 79.5 Å². The second-order valence-electron chi connectivity index (χ2n) is 4.45. The van der Waals surface area contributed by atoms with Gasteiger partial charge in [0.15, 0.2) is 0 Å². The van der Waals surface area contributed by atoms with E-state index in [9.17, 15) is 9.59 Å². The van der Waals surface area contributed by atoms with Gasteiger partial charge >= 0.3 is 5.97 Å². The number of amides is 1. The summed E-state index contributed by atoms with van der Waals surface area (Å²) in [6, 6.07) is 10.6. The predicted molar refractivity (Wildman–Crippen MR) is 72.4 cm³/mol. The van der Waals surface area contributed by atoms with Crippen molar-refractivity contribution in [1.82, 2.24) is 5.32 Å². The van der Waals surface area contributed by atoms with E-state index in [1.807, 2.05) is 31.2 Å². The fraction of sp³-hybridized carbons (Fsp3) is 0.200. The number of benzene rings is 1. The third-order valence-electron chi connectivity index (χ3n) is 2.94. The summed E-state index contributed by atoms with van der Waals surface area (Å²) < 4.78 is 5.06. The van der Waals surface area contributed by atoms with Gasteiger partial charge in [0.25, 0.3) is 0 Å². The van der Waals surface area contributed by atoms with Crippen molar-refractivity contribution in [3.8, 4) is 0 Å². The van der Waals surface area contributed by atoms with Crippen LogP contribution in [0.5, 0.6) is 0 Å². The van der Waals surface area contributed by atoms with Crippen molar-refractivity contribution in [3.63, 3.8) is 0 Å². The molecule has 0 saturated carbocycles. The fourth-order valence-electron chi connectivity index (χ4n) is 1.82. The molecule has 2 rings (SSSR count). The number of rotatable bonds is 5. The van der Waals surface area contributed by atoms with Gasteiger partial charge in [-0.05, 0) is 30.2 Å². The van der Waals surface area contributed by atoms with Crippen LogP contribution in [0, 0.1) is 6.92 Å². The van der Waals surface area contributed by atoms with Crippen molar-refractivity contribution in [1.29, 1.82) is 0 Å². The summed E-state index contributed by atoms with van der Waals surface area (Å²) in [7, 11) is 0. The van der Waals surface area contributed by atoms with Crippen LogP contribution in [0.25, 0.3) is 0 Å². The van der Waals surface area contributed by atoms with Crippen LogP contribution >= 0.6 is 0 Å². The number of carboxylic acids is 1. The van der Waals surface area contributed by atoms with Crippen molar-refractivity contribution >= 4 is 11.9 Å². The van der Waals surface area contributed by atoms with Gasteiger partial charge in [0.1, 0.15) is 5.76 Å². The zero-order valence-corrected chi connectivity index (χ0v) is 11.1. The van der Waals surface area contributed by atoms with Gasteiger partial charge in [0, 0.05) is 0 Å². The number of carbonyl (C=O) groups excluding carboxylic acids is 1. The summed E-state index contributed by atoms with van der Waals surface area (Å²) in [5.74, 6) is -0.969. The molecule has 20 heavy (non-hydrogen) atoms. The van der Waals surface area contributed by atoms with Crippen molar-refractivity contribution in [2.45, 2.75) is 19.9 Å². The smallest absolute Gasteiger partial charge is 0.371 e. The molecule has 0 fully saturated rings. The van der Waals surface area contributed by atoms with E-state index < -0.39 is 5.97 Å². The maximum absolute atomic E-state index is 11.8. The molecule has 1 heterocycles. The number of aromatic carboxylic acids is 1. The number of hydrogen-bond donors (Lipinski definition) is 2. The average Bonchev–Trinajstić information content (AvgIpc) is 2.88. The first-order chi connectivity index (χ1) is 9.56. The monoisotopic (exact) mass is 273 g/mol. The third kappa shape index (κ3) is 3.47. The number of aryl methyl sites for hydroxylation is 1. The molecule has 0 bridgehead atoms. The Labute approximate surface area is 116 Å². The second kappa shape index (κ2) is 6.06. The Morgan fingerprint density at radius 1 is 1.20 bits per heavy atom. The van der Waals surface area contributed by atoms with Gasteiger partial charge in [-0.15, -0.1) is 0 Å². The van der Waals surface area contributed by atoms with Crippen LogP contribution in [0.15, 0.2) is 40.8 Å². The number of carbonyl (C=O) groups is 2. The summed E-state index contributed by atoms with van der Waals surface area (Å²) in [5, 5.41) is 11.4. The first-order valence-electron chi connectivity index (χ1n) is 6.19. The van der Waals surface area contributed by atoms with Gasteiger partial charge in [-0.1, -0.05) is 24.3 Å². The maximum Gasteiger partial charge on any atom is 0.371 e. The molecule has 1 amide bonds. The molecule has 0 aliphatic heterocycles. The standard InChI is InChI=1S/C15H15NO4/c1-10-4-2-3-5-11(10)8-14(17)16-9-12-6-7-13(20-12)15(18)19/h2-7H,8-9H2,1H3,(H,16,17)(H,18,19). The SMILES string of the molecule is Cc1ccccc1CC(=O)NCc1ccc(C(=O)O)o1. The van der Waals surface area contributed by atoms with E-state index in [0.717, 1.165) is 11.1 Å².